The van der Waals surface area contributed by atoms with E-state index >= 15 is 0 Å². The molecule has 1 aliphatic heterocycles. The zero-order valence-corrected chi connectivity index (χ0v) is 16.5. The van der Waals surface area contributed by atoms with Gasteiger partial charge in [-0.2, -0.15) is 0 Å². The topological polar surface area (TPSA) is 46.3 Å². The summed E-state index contributed by atoms with van der Waals surface area (Å²) in [5, 5.41) is 0. The number of fused-ring (bicyclic) bond motifs is 1. The normalized spacial score (nSPS) is 18.8. The fourth-order valence-electron chi connectivity index (χ4n) is 4.65. The number of nitrogens with zero attached hydrogens (tertiary/aromatic N) is 1. The summed E-state index contributed by atoms with van der Waals surface area (Å²) in [5.74, 6) is 1.10. The fraction of sp³-hybridized carbons (Fsp3) is 0.696. The molecule has 144 valence electrons. The van der Waals surface area contributed by atoms with Crippen molar-refractivity contribution in [2.75, 3.05) is 11.4 Å². The maximum atomic E-state index is 12.7. The van der Waals surface area contributed by atoms with Crippen LogP contribution in [0.4, 0.5) is 5.69 Å². The molecule has 2 N–H and O–H groups in total. The van der Waals surface area contributed by atoms with Gasteiger partial charge in [-0.15, -0.1) is 0 Å². The van der Waals surface area contributed by atoms with Crippen LogP contribution in [-0.4, -0.2) is 18.5 Å². The Morgan fingerprint density at radius 1 is 1.27 bits per heavy atom. The molecule has 2 aliphatic rings. The van der Waals surface area contributed by atoms with E-state index in [1.165, 1.54) is 56.1 Å². The molecule has 1 aromatic rings. The second-order valence-electron chi connectivity index (χ2n) is 8.41. The van der Waals surface area contributed by atoms with E-state index in [0.29, 0.717) is 12.3 Å². The number of hydrogen-bond donors (Lipinski definition) is 1. The minimum atomic E-state index is 0.252. The van der Waals surface area contributed by atoms with Gasteiger partial charge in [0.1, 0.15) is 0 Å². The van der Waals surface area contributed by atoms with Crippen molar-refractivity contribution < 1.29 is 4.79 Å². The zero-order chi connectivity index (χ0) is 18.4. The number of carbonyl (C=O) groups excluding carboxylic acids is 1. The molecule has 26 heavy (non-hydrogen) atoms. The molecule has 1 saturated carbocycles. The van der Waals surface area contributed by atoms with Crippen molar-refractivity contribution in [2.24, 2.45) is 11.7 Å². The third kappa shape index (κ3) is 5.09. The van der Waals surface area contributed by atoms with Crippen LogP contribution in [0.5, 0.6) is 0 Å². The van der Waals surface area contributed by atoms with Gasteiger partial charge in [-0.1, -0.05) is 64.0 Å². The third-order valence-electron chi connectivity index (χ3n) is 6.26. The summed E-state index contributed by atoms with van der Waals surface area (Å²) in [5.41, 5.74) is 10.1. The van der Waals surface area contributed by atoms with Gasteiger partial charge in [-0.25, -0.2) is 0 Å². The Kier molecular flexibility index (Phi) is 7.13. The van der Waals surface area contributed by atoms with Crippen LogP contribution < -0.4 is 10.6 Å². The Morgan fingerprint density at radius 2 is 2.08 bits per heavy atom. The molecular formula is C23H36N2O. The Labute approximate surface area is 159 Å². The molecule has 1 heterocycles. The lowest BCUT2D eigenvalue weighted by Crippen LogP contribution is -2.29. The first kappa shape index (κ1) is 19.4. The lowest BCUT2D eigenvalue weighted by molar-refractivity contribution is -0.118. The number of benzene rings is 1. The predicted octanol–water partition coefficient (Wildman–Crippen LogP) is 5.00. The summed E-state index contributed by atoms with van der Waals surface area (Å²) >= 11 is 0. The minimum Gasteiger partial charge on any atom is -0.327 e. The molecule has 1 unspecified atom stereocenters. The quantitative estimate of drug-likeness (QED) is 0.713. The van der Waals surface area contributed by atoms with Crippen LogP contribution in [0.1, 0.15) is 82.3 Å². The van der Waals surface area contributed by atoms with Gasteiger partial charge in [0.05, 0.1) is 0 Å². The van der Waals surface area contributed by atoms with E-state index in [4.69, 9.17) is 5.73 Å². The molecule has 0 saturated heterocycles. The number of carbonyl (C=O) groups is 1. The highest BCUT2D eigenvalue weighted by Gasteiger charge is 2.25. The second kappa shape index (κ2) is 9.55. The maximum Gasteiger partial charge on any atom is 0.227 e. The predicted molar refractivity (Wildman–Crippen MR) is 110 cm³/mol. The molecule has 1 aromatic carbocycles. The summed E-state index contributed by atoms with van der Waals surface area (Å²) < 4.78 is 0. The van der Waals surface area contributed by atoms with Crippen LogP contribution in [0.3, 0.4) is 0 Å². The molecule has 3 rings (SSSR count). The summed E-state index contributed by atoms with van der Waals surface area (Å²) in [6, 6.07) is 6.87. The van der Waals surface area contributed by atoms with E-state index in [1.54, 1.807) is 0 Å². The summed E-state index contributed by atoms with van der Waals surface area (Å²) in [6.45, 7) is 3.06. The molecule has 3 nitrogen and oxygen atoms in total. The van der Waals surface area contributed by atoms with Gasteiger partial charge in [0.15, 0.2) is 0 Å². The second-order valence-corrected chi connectivity index (χ2v) is 8.41. The van der Waals surface area contributed by atoms with Crippen molar-refractivity contribution in [1.29, 1.82) is 0 Å². The van der Waals surface area contributed by atoms with Gasteiger partial charge < -0.3 is 10.6 Å². The first-order chi connectivity index (χ1) is 12.7. The number of amides is 1. The average Bonchev–Trinajstić information content (AvgIpc) is 3.08. The lowest BCUT2D eigenvalue weighted by atomic mass is 9.86. The molecule has 1 aliphatic carbocycles. The van der Waals surface area contributed by atoms with Crippen LogP contribution >= 0.6 is 0 Å². The molecule has 1 amide bonds. The highest BCUT2D eigenvalue weighted by atomic mass is 16.2. The Hall–Kier alpha value is -1.35. The van der Waals surface area contributed by atoms with Crippen molar-refractivity contribution >= 4 is 11.6 Å². The first-order valence-corrected chi connectivity index (χ1v) is 10.8. The number of nitrogens with two attached hydrogens (primary N) is 1. The van der Waals surface area contributed by atoms with Crippen molar-refractivity contribution in [2.45, 2.75) is 90.0 Å². The van der Waals surface area contributed by atoms with Crippen LogP contribution in [-0.2, 0) is 17.6 Å². The van der Waals surface area contributed by atoms with Gasteiger partial charge in [0.2, 0.25) is 5.91 Å². The van der Waals surface area contributed by atoms with E-state index in [0.717, 1.165) is 43.8 Å². The first-order valence-electron chi connectivity index (χ1n) is 10.8. The molecule has 1 atom stereocenters. The Balaban J connectivity index is 1.54. The van der Waals surface area contributed by atoms with Crippen LogP contribution in [0.2, 0.25) is 0 Å². The van der Waals surface area contributed by atoms with Gasteiger partial charge >= 0.3 is 0 Å². The lowest BCUT2D eigenvalue weighted by Gasteiger charge is -2.23. The number of unbranched alkanes of at least 4 members (excludes halogenated alkanes) is 1. The molecule has 0 radical (unpaired) electrons. The molecule has 0 aromatic heterocycles. The SMILES string of the molecule is CCCCC(N)Cc1ccc2c(c1)CCN2C(=O)CCC1CCCCC1. The smallest absolute Gasteiger partial charge is 0.227 e. The summed E-state index contributed by atoms with van der Waals surface area (Å²) in [7, 11) is 0. The van der Waals surface area contributed by atoms with Crippen molar-refractivity contribution in [3.8, 4) is 0 Å². The van der Waals surface area contributed by atoms with Crippen LogP contribution in [0.15, 0.2) is 18.2 Å². The highest BCUT2D eigenvalue weighted by Crippen LogP contribution is 2.32. The average molecular weight is 357 g/mol. The van der Waals surface area contributed by atoms with Crippen LogP contribution in [0, 0.1) is 5.92 Å². The monoisotopic (exact) mass is 356 g/mol. The zero-order valence-electron chi connectivity index (χ0n) is 16.5. The number of rotatable bonds is 8. The third-order valence-corrected chi connectivity index (χ3v) is 6.26. The van der Waals surface area contributed by atoms with Gasteiger partial charge in [-0.05, 0) is 48.8 Å². The maximum absolute atomic E-state index is 12.7. The standard InChI is InChI=1S/C23H36N2O/c1-2-3-9-21(24)17-19-10-12-22-20(16-19)14-15-25(22)23(26)13-11-18-7-5-4-6-8-18/h10,12,16,18,21H,2-9,11,13-15,17,24H2,1H3. The highest BCUT2D eigenvalue weighted by molar-refractivity contribution is 5.95. The molecular weight excluding hydrogens is 320 g/mol. The van der Waals surface area contributed by atoms with Crippen molar-refractivity contribution in [3.05, 3.63) is 29.3 Å². The van der Waals surface area contributed by atoms with Gasteiger partial charge in [0, 0.05) is 24.7 Å². The fourth-order valence-corrected chi connectivity index (χ4v) is 4.65. The molecule has 1 fully saturated rings. The van der Waals surface area contributed by atoms with E-state index in [9.17, 15) is 4.79 Å². The number of anilines is 1. The summed E-state index contributed by atoms with van der Waals surface area (Å²) in [6.07, 6.45) is 14.0. The van der Waals surface area contributed by atoms with E-state index in [-0.39, 0.29) is 6.04 Å². The number of hydrogen-bond acceptors (Lipinski definition) is 2. The Bertz CT molecular complexity index is 592. The van der Waals surface area contributed by atoms with Crippen molar-refractivity contribution in [3.63, 3.8) is 0 Å². The van der Waals surface area contributed by atoms with Gasteiger partial charge in [0.25, 0.3) is 0 Å². The van der Waals surface area contributed by atoms with E-state index in [2.05, 4.69) is 25.1 Å². The van der Waals surface area contributed by atoms with E-state index < -0.39 is 0 Å². The molecule has 3 heteroatoms. The van der Waals surface area contributed by atoms with Crippen molar-refractivity contribution in [1.82, 2.24) is 0 Å². The van der Waals surface area contributed by atoms with Gasteiger partial charge in [-0.3, -0.25) is 4.79 Å². The molecule has 0 spiro atoms. The Morgan fingerprint density at radius 3 is 2.85 bits per heavy atom. The summed E-state index contributed by atoms with van der Waals surface area (Å²) in [4.78, 5) is 14.8. The van der Waals surface area contributed by atoms with E-state index in [1.807, 2.05) is 4.90 Å². The largest absolute Gasteiger partial charge is 0.327 e. The molecule has 0 bridgehead atoms. The van der Waals surface area contributed by atoms with Crippen LogP contribution in [0.25, 0.3) is 0 Å². The minimum absolute atomic E-state index is 0.252.